The molecule has 9 aliphatic rings. The van der Waals surface area contributed by atoms with Crippen molar-refractivity contribution in [1.82, 2.24) is 0 Å². The van der Waals surface area contributed by atoms with Crippen molar-refractivity contribution in [3.05, 3.63) is 180 Å². The molecule has 61 heavy (non-hydrogen) atoms. The molecule has 0 spiro atoms. The third-order valence-electron chi connectivity index (χ3n) is 17.1. The van der Waals surface area contributed by atoms with Gasteiger partial charge in [0.2, 0.25) is 0 Å². The predicted molar refractivity (Wildman–Crippen MR) is 256 cm³/mol. The molecule has 0 unspecified atom stereocenters. The van der Waals surface area contributed by atoms with E-state index in [4.69, 9.17) is 0 Å². The fourth-order valence-corrected chi connectivity index (χ4v) is 13.7. The lowest BCUT2D eigenvalue weighted by molar-refractivity contribution is 0.136. The van der Waals surface area contributed by atoms with Crippen molar-refractivity contribution in [2.45, 2.75) is 101 Å². The summed E-state index contributed by atoms with van der Waals surface area (Å²) in [5, 5.41) is 0. The average Bonchev–Trinajstić information content (AvgIpc) is 3.35. The average molecular weight is 791 g/mol. The van der Waals surface area contributed by atoms with Crippen molar-refractivity contribution in [1.29, 1.82) is 0 Å². The minimum absolute atomic E-state index is 0.148. The van der Waals surface area contributed by atoms with E-state index in [0.717, 1.165) is 24.7 Å². The number of nitrogens with zero attached hydrogens (tertiary/aromatic N) is 2. The number of hydrogen-bond donors (Lipinski definition) is 0. The first-order chi connectivity index (χ1) is 30.1. The van der Waals surface area contributed by atoms with Gasteiger partial charge in [-0.05, 0) is 199 Å². The van der Waals surface area contributed by atoms with Gasteiger partial charge in [0.05, 0.1) is 0 Å². The van der Waals surface area contributed by atoms with E-state index < -0.39 is 0 Å². The summed E-state index contributed by atoms with van der Waals surface area (Å²) in [4.78, 5) is 5.40. The molecule has 6 fully saturated rings. The van der Waals surface area contributed by atoms with E-state index in [1.807, 2.05) is 0 Å². The maximum absolute atomic E-state index is 2.79. The Labute approximate surface area is 363 Å². The van der Waals surface area contributed by atoms with Gasteiger partial charge in [-0.3, -0.25) is 0 Å². The quantitative estimate of drug-likeness (QED) is 0.155. The fourth-order valence-electron chi connectivity index (χ4n) is 13.7. The van der Waals surface area contributed by atoms with Crippen LogP contribution in [0.3, 0.4) is 0 Å². The minimum atomic E-state index is 0.148. The molecular formula is C58H55BN2. The van der Waals surface area contributed by atoms with Crippen molar-refractivity contribution < 1.29 is 0 Å². The van der Waals surface area contributed by atoms with Crippen molar-refractivity contribution in [2.24, 2.45) is 11.8 Å². The standard InChI is InChI=1S/C58H55BN2/c1-3-9-42(10-4-1)44-17-21-48(22-18-44)60-52-24-19-45(43-11-5-2-6-12-43)37-51(52)59-50-23-20-47(58-34-28-41(29-35-58)30-36-58)39-55(50)61(54-16-8-15-53(60)56(54)59)49-14-7-13-46(38-49)57-31-25-40(26-32-57)27-33-57/h1-7,9-15,17-24,37-41H,8,16,25-36H2. The molecule has 0 saturated heterocycles. The zero-order valence-electron chi connectivity index (χ0n) is 35.5. The molecule has 2 heterocycles. The van der Waals surface area contributed by atoms with E-state index in [9.17, 15) is 0 Å². The Bertz CT molecular complexity index is 2700. The molecule has 6 aromatic rings. The molecule has 15 rings (SSSR count). The predicted octanol–water partition coefficient (Wildman–Crippen LogP) is 13.8. The Balaban J connectivity index is 1.03. The van der Waals surface area contributed by atoms with Crippen molar-refractivity contribution >= 4 is 40.4 Å². The highest BCUT2D eigenvalue weighted by Crippen LogP contribution is 2.55. The molecule has 6 aromatic carbocycles. The number of benzene rings is 6. The lowest BCUT2D eigenvalue weighted by atomic mass is 9.32. The van der Waals surface area contributed by atoms with Gasteiger partial charge in [0.25, 0.3) is 6.71 Å². The number of allylic oxidation sites excluding steroid dienone is 3. The number of rotatable bonds is 6. The van der Waals surface area contributed by atoms with Crippen LogP contribution in [0.25, 0.3) is 22.3 Å². The summed E-state index contributed by atoms with van der Waals surface area (Å²) in [7, 11) is 0. The fraction of sp³-hybridized carbons (Fsp3) is 0.310. The van der Waals surface area contributed by atoms with Crippen LogP contribution >= 0.6 is 0 Å². The topological polar surface area (TPSA) is 6.48 Å². The number of anilines is 4. The van der Waals surface area contributed by atoms with Gasteiger partial charge in [-0.2, -0.15) is 0 Å². The second-order valence-electron chi connectivity index (χ2n) is 20.0. The lowest BCUT2D eigenvalue weighted by Gasteiger charge is -2.50. The Kier molecular flexibility index (Phi) is 8.29. The molecular weight excluding hydrogens is 735 g/mol. The summed E-state index contributed by atoms with van der Waals surface area (Å²) < 4.78 is 0. The third-order valence-corrected chi connectivity index (χ3v) is 17.1. The second kappa shape index (κ2) is 14.0. The van der Waals surface area contributed by atoms with Crippen LogP contribution in [0.5, 0.6) is 0 Å². The van der Waals surface area contributed by atoms with Gasteiger partial charge < -0.3 is 9.80 Å². The largest absolute Gasteiger partial charge is 0.315 e. The van der Waals surface area contributed by atoms with E-state index in [1.54, 1.807) is 11.1 Å². The zero-order valence-corrected chi connectivity index (χ0v) is 35.5. The second-order valence-corrected chi connectivity index (χ2v) is 20.0. The van der Waals surface area contributed by atoms with E-state index in [0.29, 0.717) is 10.8 Å². The van der Waals surface area contributed by atoms with E-state index in [-0.39, 0.29) is 6.71 Å². The van der Waals surface area contributed by atoms with Gasteiger partial charge in [0.1, 0.15) is 0 Å². The van der Waals surface area contributed by atoms with Gasteiger partial charge in [0.15, 0.2) is 0 Å². The molecule has 0 aromatic heterocycles. The van der Waals surface area contributed by atoms with Crippen molar-refractivity contribution in [3.8, 4) is 22.3 Å². The monoisotopic (exact) mass is 790 g/mol. The molecule has 2 nitrogen and oxygen atoms in total. The number of fused-ring (bicyclic) bond motifs is 10. The molecule has 0 N–H and O–H groups in total. The highest BCUT2D eigenvalue weighted by Gasteiger charge is 2.48. The normalized spacial score (nSPS) is 25.8. The SMILES string of the molecule is C1=C2C3=C(CC1)N(c1cccc(C45CCC(CC4)CC5)c1)c1cc(C45CCC(CC4)CC5)ccc1B3c1cc(-c3ccccc3)ccc1N2c1ccc(-c2ccccc2)cc1. The smallest absolute Gasteiger partial charge is 0.251 e. The molecule has 2 aliphatic heterocycles. The maximum atomic E-state index is 2.79. The van der Waals surface area contributed by atoms with Gasteiger partial charge in [-0.1, -0.05) is 115 Å². The van der Waals surface area contributed by atoms with Crippen molar-refractivity contribution in [2.75, 3.05) is 9.80 Å². The first kappa shape index (κ1) is 36.1. The molecule has 7 aliphatic carbocycles. The number of hydrogen-bond acceptors (Lipinski definition) is 2. The van der Waals surface area contributed by atoms with E-state index in [1.165, 1.54) is 150 Å². The molecule has 0 amide bonds. The van der Waals surface area contributed by atoms with Crippen LogP contribution in [0.1, 0.15) is 101 Å². The van der Waals surface area contributed by atoms with Crippen LogP contribution in [0, 0.1) is 11.8 Å². The minimum Gasteiger partial charge on any atom is -0.315 e. The van der Waals surface area contributed by atoms with E-state index >= 15 is 0 Å². The summed E-state index contributed by atoms with van der Waals surface area (Å²) in [6.45, 7) is 0.148. The lowest BCUT2D eigenvalue weighted by Crippen LogP contribution is -2.57. The Morgan fingerprint density at radius 2 is 1.03 bits per heavy atom. The maximum Gasteiger partial charge on any atom is 0.251 e. The Morgan fingerprint density at radius 3 is 1.69 bits per heavy atom. The van der Waals surface area contributed by atoms with Crippen molar-refractivity contribution in [3.63, 3.8) is 0 Å². The van der Waals surface area contributed by atoms with Gasteiger partial charge in [-0.25, -0.2) is 0 Å². The van der Waals surface area contributed by atoms with Crippen LogP contribution in [0.2, 0.25) is 0 Å². The van der Waals surface area contributed by atoms with Gasteiger partial charge >= 0.3 is 0 Å². The van der Waals surface area contributed by atoms with Crippen LogP contribution in [-0.2, 0) is 10.8 Å². The first-order valence-corrected chi connectivity index (χ1v) is 23.8. The summed E-state index contributed by atoms with van der Waals surface area (Å²) in [5.74, 6) is 1.90. The molecule has 4 bridgehead atoms. The van der Waals surface area contributed by atoms with Crippen LogP contribution in [-0.4, -0.2) is 6.71 Å². The molecule has 0 atom stereocenters. The summed E-state index contributed by atoms with van der Waals surface area (Å²) >= 11 is 0. The highest BCUT2D eigenvalue weighted by molar-refractivity contribution is 6.94. The molecule has 3 heteroatoms. The summed E-state index contributed by atoms with van der Waals surface area (Å²) in [6.07, 6.45) is 21.1. The van der Waals surface area contributed by atoms with Gasteiger partial charge in [-0.15, -0.1) is 0 Å². The zero-order chi connectivity index (χ0) is 40.1. The summed E-state index contributed by atoms with van der Waals surface area (Å²) in [5.41, 5.74) is 21.5. The molecule has 6 saturated carbocycles. The highest BCUT2D eigenvalue weighted by atomic mass is 15.2. The Morgan fingerprint density at radius 1 is 0.443 bits per heavy atom. The molecule has 300 valence electrons. The van der Waals surface area contributed by atoms with Crippen LogP contribution in [0.15, 0.2) is 169 Å². The van der Waals surface area contributed by atoms with Crippen LogP contribution < -0.4 is 20.7 Å². The third kappa shape index (κ3) is 5.68. The first-order valence-electron chi connectivity index (χ1n) is 23.8. The summed E-state index contributed by atoms with van der Waals surface area (Å²) in [6, 6.07) is 56.4. The van der Waals surface area contributed by atoms with Gasteiger partial charge in [0, 0.05) is 34.1 Å². The van der Waals surface area contributed by atoms with Crippen LogP contribution in [0.4, 0.5) is 22.7 Å². The van der Waals surface area contributed by atoms with E-state index in [2.05, 4.69) is 161 Å². The molecule has 0 radical (unpaired) electrons. The Hall–Kier alpha value is -5.54.